The van der Waals surface area contributed by atoms with Crippen LogP contribution in [0.25, 0.3) is 33.4 Å². The SMILES string of the molecule is CCc1cc2c(cc(C)n2Cc2ccc(-c3ccccc3-c3nnn[nH]3)cc2)c(Cl)n1. The molecular weight excluding hydrogens is 408 g/mol. The summed E-state index contributed by atoms with van der Waals surface area (Å²) in [4.78, 5) is 4.49. The number of tetrazole rings is 1. The summed E-state index contributed by atoms with van der Waals surface area (Å²) in [6.07, 6.45) is 0.856. The predicted octanol–water partition coefficient (Wildman–Crippen LogP) is 5.46. The lowest BCUT2D eigenvalue weighted by Gasteiger charge is -2.11. The molecule has 0 radical (unpaired) electrons. The maximum absolute atomic E-state index is 6.43. The normalized spacial score (nSPS) is 11.3. The van der Waals surface area contributed by atoms with Gasteiger partial charge in [-0.25, -0.2) is 10.1 Å². The molecule has 0 spiro atoms. The van der Waals surface area contributed by atoms with Crippen molar-refractivity contribution in [2.45, 2.75) is 26.8 Å². The summed E-state index contributed by atoms with van der Waals surface area (Å²) in [7, 11) is 0. The second-order valence-corrected chi connectivity index (χ2v) is 7.91. The van der Waals surface area contributed by atoms with Crippen LogP contribution >= 0.6 is 11.6 Å². The van der Waals surface area contributed by atoms with Gasteiger partial charge in [-0.05, 0) is 52.6 Å². The first-order valence-electron chi connectivity index (χ1n) is 10.2. The number of aryl methyl sites for hydroxylation is 2. The van der Waals surface area contributed by atoms with E-state index in [0.717, 1.165) is 46.3 Å². The fraction of sp³-hybridized carbons (Fsp3) is 0.167. The predicted molar refractivity (Wildman–Crippen MR) is 123 cm³/mol. The highest BCUT2D eigenvalue weighted by atomic mass is 35.5. The van der Waals surface area contributed by atoms with Crippen molar-refractivity contribution in [2.75, 3.05) is 0 Å². The smallest absolute Gasteiger partial charge is 0.180 e. The van der Waals surface area contributed by atoms with Crippen molar-refractivity contribution >= 4 is 22.5 Å². The second kappa shape index (κ2) is 7.96. The quantitative estimate of drug-likeness (QED) is 0.377. The summed E-state index contributed by atoms with van der Waals surface area (Å²) in [6, 6.07) is 21.0. The first-order valence-corrected chi connectivity index (χ1v) is 10.6. The molecule has 31 heavy (non-hydrogen) atoms. The molecule has 154 valence electrons. The number of H-pyrrole nitrogens is 1. The number of hydrogen-bond donors (Lipinski definition) is 1. The van der Waals surface area contributed by atoms with Gasteiger partial charge in [0.2, 0.25) is 0 Å². The number of fused-ring (bicyclic) bond motifs is 1. The third-order valence-electron chi connectivity index (χ3n) is 5.61. The largest absolute Gasteiger partial charge is 0.340 e. The van der Waals surface area contributed by atoms with Crippen LogP contribution in [-0.2, 0) is 13.0 Å². The molecule has 3 heterocycles. The Labute approximate surface area is 184 Å². The molecule has 0 aliphatic carbocycles. The van der Waals surface area contributed by atoms with Crippen molar-refractivity contribution in [1.82, 2.24) is 30.2 Å². The number of halogens is 1. The van der Waals surface area contributed by atoms with E-state index in [4.69, 9.17) is 11.6 Å². The van der Waals surface area contributed by atoms with E-state index in [-0.39, 0.29) is 0 Å². The first kappa shape index (κ1) is 19.5. The van der Waals surface area contributed by atoms with E-state index in [1.165, 1.54) is 11.3 Å². The third kappa shape index (κ3) is 3.59. The van der Waals surface area contributed by atoms with Crippen molar-refractivity contribution < 1.29 is 0 Å². The molecule has 0 aliphatic rings. The van der Waals surface area contributed by atoms with Gasteiger partial charge in [-0.3, -0.25) is 0 Å². The monoisotopic (exact) mass is 428 g/mol. The first-order chi connectivity index (χ1) is 15.1. The van der Waals surface area contributed by atoms with E-state index in [9.17, 15) is 0 Å². The van der Waals surface area contributed by atoms with Crippen LogP contribution in [0.4, 0.5) is 0 Å². The Morgan fingerprint density at radius 3 is 2.48 bits per heavy atom. The Hall–Kier alpha value is -3.51. The lowest BCUT2D eigenvalue weighted by atomic mass is 9.98. The molecule has 1 N–H and O–H groups in total. The van der Waals surface area contributed by atoms with E-state index in [2.05, 4.69) is 86.5 Å². The standard InChI is InChI=1S/C24H21ClN6/c1-3-18-13-22-21(23(25)26-18)12-15(2)31(22)14-16-8-10-17(11-9-16)19-6-4-5-7-20(19)24-27-29-30-28-24/h4-13H,3,14H2,1-2H3,(H,27,28,29,30). The van der Waals surface area contributed by atoms with E-state index in [0.29, 0.717) is 11.0 Å². The molecule has 0 amide bonds. The molecule has 0 bridgehead atoms. The third-order valence-corrected chi connectivity index (χ3v) is 5.90. The summed E-state index contributed by atoms with van der Waals surface area (Å²) < 4.78 is 2.30. The van der Waals surface area contributed by atoms with Gasteiger partial charge < -0.3 is 4.57 Å². The van der Waals surface area contributed by atoms with Crippen LogP contribution in [0.1, 0.15) is 23.9 Å². The van der Waals surface area contributed by atoms with Crippen LogP contribution < -0.4 is 0 Å². The molecule has 5 rings (SSSR count). The minimum Gasteiger partial charge on any atom is -0.340 e. The molecule has 0 saturated heterocycles. The summed E-state index contributed by atoms with van der Waals surface area (Å²) in [5.41, 5.74) is 7.69. The number of nitrogens with one attached hydrogen (secondary N) is 1. The van der Waals surface area contributed by atoms with Gasteiger partial charge in [0.15, 0.2) is 5.82 Å². The zero-order chi connectivity index (χ0) is 21.4. The van der Waals surface area contributed by atoms with Crippen LogP contribution in [0.3, 0.4) is 0 Å². The van der Waals surface area contributed by atoms with Gasteiger partial charge in [0.1, 0.15) is 5.15 Å². The van der Waals surface area contributed by atoms with Crippen molar-refractivity contribution in [3.8, 4) is 22.5 Å². The molecule has 2 aromatic carbocycles. The number of hydrogen-bond acceptors (Lipinski definition) is 4. The highest BCUT2D eigenvalue weighted by Crippen LogP contribution is 2.31. The molecule has 5 aromatic rings. The summed E-state index contributed by atoms with van der Waals surface area (Å²) in [5.74, 6) is 0.659. The van der Waals surface area contributed by atoms with Crippen LogP contribution in [0.15, 0.2) is 60.7 Å². The highest BCUT2D eigenvalue weighted by Gasteiger charge is 2.13. The van der Waals surface area contributed by atoms with Gasteiger partial charge >= 0.3 is 0 Å². The number of rotatable bonds is 5. The van der Waals surface area contributed by atoms with Gasteiger partial charge in [-0.1, -0.05) is 67.1 Å². The fourth-order valence-electron chi connectivity index (χ4n) is 3.97. The average Bonchev–Trinajstić information content (AvgIpc) is 3.44. The Kier molecular flexibility index (Phi) is 5.00. The molecule has 0 saturated carbocycles. The highest BCUT2D eigenvalue weighted by molar-refractivity contribution is 6.34. The van der Waals surface area contributed by atoms with Crippen LogP contribution in [0.5, 0.6) is 0 Å². The van der Waals surface area contributed by atoms with Crippen LogP contribution in [0.2, 0.25) is 5.15 Å². The number of aromatic amines is 1. The van der Waals surface area contributed by atoms with Crippen LogP contribution in [0, 0.1) is 6.92 Å². The van der Waals surface area contributed by atoms with Gasteiger partial charge in [-0.15, -0.1) is 5.10 Å². The summed E-state index contributed by atoms with van der Waals surface area (Å²) in [6.45, 7) is 4.97. The van der Waals surface area contributed by atoms with Gasteiger partial charge in [0.05, 0.1) is 5.52 Å². The molecular formula is C24H21ClN6. The Morgan fingerprint density at radius 1 is 1.00 bits per heavy atom. The number of pyridine rings is 1. The zero-order valence-electron chi connectivity index (χ0n) is 17.3. The average molecular weight is 429 g/mol. The molecule has 0 fully saturated rings. The Balaban J connectivity index is 1.49. The summed E-state index contributed by atoms with van der Waals surface area (Å²) in [5, 5.41) is 15.9. The maximum Gasteiger partial charge on any atom is 0.180 e. The molecule has 6 nitrogen and oxygen atoms in total. The molecule has 0 aliphatic heterocycles. The summed E-state index contributed by atoms with van der Waals surface area (Å²) >= 11 is 6.43. The second-order valence-electron chi connectivity index (χ2n) is 7.55. The lowest BCUT2D eigenvalue weighted by molar-refractivity contribution is 0.803. The minimum absolute atomic E-state index is 0.574. The van der Waals surface area contributed by atoms with E-state index >= 15 is 0 Å². The van der Waals surface area contributed by atoms with Gasteiger partial charge in [0, 0.05) is 28.9 Å². The van der Waals surface area contributed by atoms with E-state index in [1.54, 1.807) is 0 Å². The number of benzene rings is 2. The lowest BCUT2D eigenvalue weighted by Crippen LogP contribution is -2.02. The zero-order valence-corrected chi connectivity index (χ0v) is 18.1. The van der Waals surface area contributed by atoms with Gasteiger partial charge in [0.25, 0.3) is 0 Å². The Morgan fingerprint density at radius 2 is 1.77 bits per heavy atom. The number of aromatic nitrogens is 6. The molecule has 0 unspecified atom stereocenters. The minimum atomic E-state index is 0.574. The molecule has 7 heteroatoms. The van der Waals surface area contributed by atoms with Crippen molar-refractivity contribution in [3.63, 3.8) is 0 Å². The van der Waals surface area contributed by atoms with Crippen molar-refractivity contribution in [3.05, 3.63) is 82.8 Å². The number of nitrogens with zero attached hydrogens (tertiary/aromatic N) is 5. The van der Waals surface area contributed by atoms with Crippen LogP contribution in [-0.4, -0.2) is 30.2 Å². The fourth-order valence-corrected chi connectivity index (χ4v) is 4.23. The van der Waals surface area contributed by atoms with Gasteiger partial charge in [-0.2, -0.15) is 0 Å². The molecule has 3 aromatic heterocycles. The van der Waals surface area contributed by atoms with E-state index < -0.39 is 0 Å². The maximum atomic E-state index is 6.43. The topological polar surface area (TPSA) is 72.3 Å². The molecule has 0 atom stereocenters. The van der Waals surface area contributed by atoms with Crippen molar-refractivity contribution in [1.29, 1.82) is 0 Å². The van der Waals surface area contributed by atoms with E-state index in [1.807, 2.05) is 18.2 Å². The Bertz CT molecular complexity index is 1350. The van der Waals surface area contributed by atoms with Crippen molar-refractivity contribution in [2.24, 2.45) is 0 Å².